The minimum absolute atomic E-state index is 0.634. The van der Waals surface area contributed by atoms with Crippen LogP contribution in [0.1, 0.15) is 41.6 Å². The van der Waals surface area contributed by atoms with Gasteiger partial charge in [-0.2, -0.15) is 0 Å². The number of carboxylic acids is 1. The molecule has 2 heterocycles. The van der Waals surface area contributed by atoms with Crippen molar-refractivity contribution in [1.82, 2.24) is 9.97 Å². The summed E-state index contributed by atoms with van der Waals surface area (Å²) < 4.78 is 0. The van der Waals surface area contributed by atoms with Gasteiger partial charge in [0.2, 0.25) is 0 Å². The van der Waals surface area contributed by atoms with Crippen LogP contribution in [-0.4, -0.2) is 27.1 Å². The minimum atomic E-state index is -0.884. The molecule has 1 unspecified atom stereocenters. The Hall–Kier alpha value is -2.47. The molecule has 3 aromatic rings. The summed E-state index contributed by atoms with van der Waals surface area (Å²) >= 11 is 1.74. The van der Waals surface area contributed by atoms with Crippen LogP contribution in [0.25, 0.3) is 10.2 Å². The number of thiophene rings is 1. The number of aromatic nitrogens is 2. The Bertz CT molecular complexity index is 953. The van der Waals surface area contributed by atoms with Gasteiger partial charge in [-0.15, -0.1) is 11.3 Å². The van der Waals surface area contributed by atoms with Crippen LogP contribution in [0.15, 0.2) is 30.3 Å². The number of hydrogen-bond donors (Lipinski definition) is 2. The Morgan fingerprint density at radius 2 is 2.00 bits per heavy atom. The molecule has 0 fully saturated rings. The Balaban J connectivity index is 1.80. The quantitative estimate of drug-likeness (QED) is 0.712. The number of nitrogens with one attached hydrogen (secondary N) is 1. The molecule has 0 radical (unpaired) electrons. The van der Waals surface area contributed by atoms with Gasteiger partial charge < -0.3 is 10.4 Å². The molecule has 134 valence electrons. The lowest BCUT2D eigenvalue weighted by molar-refractivity contribution is -0.137. The number of aliphatic carboxylic acids is 1. The van der Waals surface area contributed by atoms with E-state index >= 15 is 0 Å². The van der Waals surface area contributed by atoms with Crippen LogP contribution in [0, 0.1) is 0 Å². The van der Waals surface area contributed by atoms with E-state index < -0.39 is 12.0 Å². The summed E-state index contributed by atoms with van der Waals surface area (Å²) in [4.78, 5) is 23.2. The maximum Gasteiger partial charge on any atom is 0.325 e. The second-order valence-electron chi connectivity index (χ2n) is 6.75. The normalized spacial score (nSPS) is 14.8. The third-order valence-corrected chi connectivity index (χ3v) is 5.98. The lowest BCUT2D eigenvalue weighted by Crippen LogP contribution is -2.26. The number of fused-ring (bicyclic) bond motifs is 3. The highest BCUT2D eigenvalue weighted by Crippen LogP contribution is 2.39. The van der Waals surface area contributed by atoms with E-state index in [1.807, 2.05) is 18.2 Å². The van der Waals surface area contributed by atoms with E-state index in [4.69, 9.17) is 9.97 Å². The number of benzene rings is 1. The van der Waals surface area contributed by atoms with Crippen LogP contribution in [0.5, 0.6) is 0 Å². The van der Waals surface area contributed by atoms with Gasteiger partial charge in [-0.05, 0) is 43.7 Å². The van der Waals surface area contributed by atoms with Crippen molar-refractivity contribution in [3.63, 3.8) is 0 Å². The van der Waals surface area contributed by atoms with Crippen molar-refractivity contribution in [2.45, 2.75) is 45.1 Å². The number of rotatable bonds is 5. The van der Waals surface area contributed by atoms with Gasteiger partial charge in [-0.3, -0.25) is 4.79 Å². The molecule has 0 spiro atoms. The van der Waals surface area contributed by atoms with Crippen LogP contribution >= 0.6 is 11.3 Å². The molecule has 6 heteroatoms. The zero-order valence-electron chi connectivity index (χ0n) is 14.7. The van der Waals surface area contributed by atoms with Gasteiger partial charge in [0, 0.05) is 11.3 Å². The first-order valence-electron chi connectivity index (χ1n) is 8.96. The van der Waals surface area contributed by atoms with Crippen molar-refractivity contribution < 1.29 is 9.90 Å². The fourth-order valence-corrected chi connectivity index (χ4v) is 4.71. The van der Waals surface area contributed by atoms with Crippen LogP contribution in [0.2, 0.25) is 0 Å². The molecule has 0 bridgehead atoms. The summed E-state index contributed by atoms with van der Waals surface area (Å²) in [6, 6.07) is 9.41. The topological polar surface area (TPSA) is 75.1 Å². The standard InChI is InChI=1S/C20H21N3O2S/c1-12(20(24)25)21-18-17-14-9-5-6-10-15(14)26-19(17)23-16(22-18)11-13-7-3-2-4-8-13/h2-4,7-8,12H,5-6,9-11H2,1H3,(H,24,25)(H,21,22,23). The zero-order chi connectivity index (χ0) is 18.1. The maximum atomic E-state index is 11.3. The van der Waals surface area contributed by atoms with E-state index in [0.717, 1.165) is 34.4 Å². The number of carboxylic acid groups (broad SMARTS) is 1. The van der Waals surface area contributed by atoms with Gasteiger partial charge >= 0.3 is 5.97 Å². The predicted molar refractivity (Wildman–Crippen MR) is 104 cm³/mol. The highest BCUT2D eigenvalue weighted by molar-refractivity contribution is 7.19. The summed E-state index contributed by atoms with van der Waals surface area (Å²) in [6.45, 7) is 1.64. The molecule has 0 saturated carbocycles. The first-order valence-corrected chi connectivity index (χ1v) is 9.78. The third kappa shape index (κ3) is 3.29. The van der Waals surface area contributed by atoms with Gasteiger partial charge in [0.05, 0.1) is 5.39 Å². The molecule has 0 aliphatic heterocycles. The molecular weight excluding hydrogens is 346 g/mol. The molecule has 1 aliphatic rings. The molecule has 1 atom stereocenters. The average molecular weight is 367 g/mol. The highest BCUT2D eigenvalue weighted by atomic mass is 32.1. The van der Waals surface area contributed by atoms with Gasteiger partial charge in [0.1, 0.15) is 22.5 Å². The van der Waals surface area contributed by atoms with Crippen LogP contribution in [-0.2, 0) is 24.1 Å². The Morgan fingerprint density at radius 1 is 1.23 bits per heavy atom. The fraction of sp³-hybridized carbons (Fsp3) is 0.350. The van der Waals surface area contributed by atoms with Crippen molar-refractivity contribution >= 4 is 33.3 Å². The molecule has 1 aromatic carbocycles. The highest BCUT2D eigenvalue weighted by Gasteiger charge is 2.23. The SMILES string of the molecule is CC(Nc1nc(Cc2ccccc2)nc2sc3c(c12)CCCC3)C(=O)O. The van der Waals surface area contributed by atoms with Crippen molar-refractivity contribution in [1.29, 1.82) is 0 Å². The maximum absolute atomic E-state index is 11.3. The van der Waals surface area contributed by atoms with Crippen molar-refractivity contribution in [2.24, 2.45) is 0 Å². The van der Waals surface area contributed by atoms with E-state index in [1.165, 1.54) is 23.3 Å². The second kappa shape index (κ2) is 7.03. The van der Waals surface area contributed by atoms with Crippen LogP contribution in [0.4, 0.5) is 5.82 Å². The Labute approximate surface area is 156 Å². The van der Waals surface area contributed by atoms with Crippen molar-refractivity contribution in [3.8, 4) is 0 Å². The van der Waals surface area contributed by atoms with Gasteiger partial charge in [0.25, 0.3) is 0 Å². The first-order chi connectivity index (χ1) is 12.6. The number of nitrogens with zero attached hydrogens (tertiary/aromatic N) is 2. The van der Waals surface area contributed by atoms with Crippen molar-refractivity contribution in [3.05, 3.63) is 52.2 Å². The zero-order valence-corrected chi connectivity index (χ0v) is 15.5. The van der Waals surface area contributed by atoms with E-state index in [1.54, 1.807) is 18.3 Å². The Kier molecular flexibility index (Phi) is 4.59. The van der Waals surface area contributed by atoms with Crippen LogP contribution < -0.4 is 5.32 Å². The van der Waals surface area contributed by atoms with E-state index in [2.05, 4.69) is 17.4 Å². The van der Waals surface area contributed by atoms with E-state index in [0.29, 0.717) is 12.2 Å². The summed E-state index contributed by atoms with van der Waals surface area (Å²) in [7, 11) is 0. The summed E-state index contributed by atoms with van der Waals surface area (Å²) in [5.74, 6) is 0.503. The van der Waals surface area contributed by atoms with Gasteiger partial charge in [0.15, 0.2) is 0 Å². The fourth-order valence-electron chi connectivity index (χ4n) is 3.43. The largest absolute Gasteiger partial charge is 0.480 e. The van der Waals surface area contributed by atoms with Gasteiger partial charge in [-0.1, -0.05) is 30.3 Å². The number of carbonyl (C=O) groups is 1. The Morgan fingerprint density at radius 3 is 2.77 bits per heavy atom. The molecule has 2 N–H and O–H groups in total. The number of anilines is 1. The monoisotopic (exact) mass is 367 g/mol. The van der Waals surface area contributed by atoms with Crippen molar-refractivity contribution in [2.75, 3.05) is 5.32 Å². The van der Waals surface area contributed by atoms with Crippen LogP contribution in [0.3, 0.4) is 0 Å². The molecule has 0 amide bonds. The third-order valence-electron chi connectivity index (χ3n) is 4.79. The summed E-state index contributed by atoms with van der Waals surface area (Å²) in [6.07, 6.45) is 5.11. The molecule has 0 saturated heterocycles. The second-order valence-corrected chi connectivity index (χ2v) is 7.83. The predicted octanol–water partition coefficient (Wildman–Crippen LogP) is 4.05. The molecule has 4 rings (SSSR count). The molecule has 26 heavy (non-hydrogen) atoms. The molecule has 5 nitrogen and oxygen atoms in total. The molecule has 2 aromatic heterocycles. The van der Waals surface area contributed by atoms with Gasteiger partial charge in [-0.25, -0.2) is 9.97 Å². The summed E-state index contributed by atoms with van der Waals surface area (Å²) in [5, 5.41) is 13.4. The number of hydrogen-bond acceptors (Lipinski definition) is 5. The smallest absolute Gasteiger partial charge is 0.325 e. The average Bonchev–Trinajstić information content (AvgIpc) is 3.01. The molecular formula is C20H21N3O2S. The van der Waals surface area contributed by atoms with E-state index in [9.17, 15) is 9.90 Å². The summed E-state index contributed by atoms with van der Waals surface area (Å²) in [5.41, 5.74) is 2.45. The minimum Gasteiger partial charge on any atom is -0.480 e. The van der Waals surface area contributed by atoms with E-state index in [-0.39, 0.29) is 0 Å². The first kappa shape index (κ1) is 17.0. The number of aryl methyl sites for hydroxylation is 2. The molecule has 1 aliphatic carbocycles. The lowest BCUT2D eigenvalue weighted by Gasteiger charge is -2.15. The lowest BCUT2D eigenvalue weighted by atomic mass is 9.97.